The quantitative estimate of drug-likeness (QED) is 0.527. The van der Waals surface area contributed by atoms with Crippen LogP contribution in [-0.4, -0.2) is 43.1 Å². The summed E-state index contributed by atoms with van der Waals surface area (Å²) in [5, 5.41) is 20.8. The fourth-order valence-corrected chi connectivity index (χ4v) is 1.97. The van der Waals surface area contributed by atoms with E-state index in [0.29, 0.717) is 6.42 Å². The molecule has 0 heterocycles. The highest BCUT2D eigenvalue weighted by Crippen LogP contribution is 2.24. The van der Waals surface area contributed by atoms with E-state index in [-0.39, 0.29) is 29.4 Å². The molecule has 0 saturated carbocycles. The molecule has 1 rings (SSSR count). The fourth-order valence-electron chi connectivity index (χ4n) is 1.30. The summed E-state index contributed by atoms with van der Waals surface area (Å²) in [7, 11) is -3.02. The summed E-state index contributed by atoms with van der Waals surface area (Å²) in [6.45, 7) is 0.230. The average Bonchev–Trinajstić information content (AvgIpc) is 2.26. The van der Waals surface area contributed by atoms with Crippen LogP contribution in [0.4, 0.5) is 0 Å². The normalized spacial score (nSPS) is 11.2. The number of benzene rings is 1. The maximum Gasteiger partial charge on any atom is 0.251 e. The number of phenols is 2. The number of aromatic hydroxyl groups is 2. The Morgan fingerprint density at radius 2 is 1.94 bits per heavy atom. The zero-order chi connectivity index (χ0) is 13.8. The van der Waals surface area contributed by atoms with Crippen molar-refractivity contribution in [2.24, 2.45) is 0 Å². The van der Waals surface area contributed by atoms with E-state index in [1.54, 1.807) is 0 Å². The van der Waals surface area contributed by atoms with Crippen LogP contribution in [0.3, 0.4) is 0 Å². The Bertz CT molecular complexity index is 538. The molecule has 0 aliphatic carbocycles. The first kappa shape index (κ1) is 14.3. The summed E-state index contributed by atoms with van der Waals surface area (Å²) in [6.07, 6.45) is 1.46. The van der Waals surface area contributed by atoms with Crippen molar-refractivity contribution in [3.8, 4) is 11.5 Å². The molecule has 6 nitrogen and oxygen atoms in total. The third-order valence-corrected chi connectivity index (χ3v) is 3.25. The van der Waals surface area contributed by atoms with Gasteiger partial charge in [0.1, 0.15) is 9.84 Å². The lowest BCUT2D eigenvalue weighted by atomic mass is 10.2. The van der Waals surface area contributed by atoms with Crippen molar-refractivity contribution >= 4 is 15.7 Å². The molecule has 0 spiro atoms. The van der Waals surface area contributed by atoms with Crippen LogP contribution in [0.2, 0.25) is 0 Å². The largest absolute Gasteiger partial charge is 0.504 e. The van der Waals surface area contributed by atoms with Crippen LogP contribution in [0.1, 0.15) is 16.8 Å². The van der Waals surface area contributed by atoms with Crippen LogP contribution in [0.15, 0.2) is 18.2 Å². The number of rotatable bonds is 5. The summed E-state index contributed by atoms with van der Waals surface area (Å²) >= 11 is 0. The lowest BCUT2D eigenvalue weighted by Gasteiger charge is -2.05. The smallest absolute Gasteiger partial charge is 0.251 e. The molecule has 3 N–H and O–H groups in total. The molecule has 0 fully saturated rings. The lowest BCUT2D eigenvalue weighted by Crippen LogP contribution is -2.25. The fraction of sp³-hybridized carbons (Fsp3) is 0.364. The molecule has 0 aromatic heterocycles. The van der Waals surface area contributed by atoms with E-state index in [0.717, 1.165) is 12.3 Å². The highest BCUT2D eigenvalue weighted by molar-refractivity contribution is 7.90. The molecule has 0 radical (unpaired) electrons. The molecule has 18 heavy (non-hydrogen) atoms. The Morgan fingerprint density at radius 3 is 2.50 bits per heavy atom. The van der Waals surface area contributed by atoms with Gasteiger partial charge in [0, 0.05) is 18.4 Å². The van der Waals surface area contributed by atoms with E-state index in [1.165, 1.54) is 12.1 Å². The molecular formula is C11H15NO5S. The number of amides is 1. The summed E-state index contributed by atoms with van der Waals surface area (Å²) < 4.78 is 21.7. The third-order valence-electron chi connectivity index (χ3n) is 2.22. The first-order valence-electron chi connectivity index (χ1n) is 5.27. The average molecular weight is 273 g/mol. The van der Waals surface area contributed by atoms with Crippen LogP contribution in [0, 0.1) is 0 Å². The standard InChI is InChI=1S/C11H15NO5S/c1-18(16,17)6-2-5-12-11(15)8-3-4-9(13)10(14)7-8/h3-4,7,13-14H,2,5-6H2,1H3,(H,12,15). The Hall–Kier alpha value is -1.76. The van der Waals surface area contributed by atoms with Crippen LogP contribution in [0.5, 0.6) is 11.5 Å². The van der Waals surface area contributed by atoms with Crippen LogP contribution >= 0.6 is 0 Å². The van der Waals surface area contributed by atoms with Crippen molar-refractivity contribution in [3.63, 3.8) is 0 Å². The molecule has 0 aliphatic heterocycles. The third kappa shape index (κ3) is 4.62. The number of nitrogens with one attached hydrogen (secondary N) is 1. The van der Waals surface area contributed by atoms with Gasteiger partial charge in [-0.25, -0.2) is 8.42 Å². The molecule has 0 saturated heterocycles. The van der Waals surface area contributed by atoms with Crippen molar-refractivity contribution in [2.75, 3.05) is 18.6 Å². The number of carbonyl (C=O) groups is 1. The van der Waals surface area contributed by atoms with Gasteiger partial charge in [0.05, 0.1) is 5.75 Å². The van der Waals surface area contributed by atoms with E-state index < -0.39 is 15.7 Å². The molecule has 7 heteroatoms. The minimum atomic E-state index is -3.02. The van der Waals surface area contributed by atoms with Crippen molar-refractivity contribution in [3.05, 3.63) is 23.8 Å². The molecule has 0 atom stereocenters. The topological polar surface area (TPSA) is 104 Å². The van der Waals surface area contributed by atoms with Gasteiger partial charge in [-0.2, -0.15) is 0 Å². The second kappa shape index (κ2) is 5.72. The maximum absolute atomic E-state index is 11.6. The highest BCUT2D eigenvalue weighted by atomic mass is 32.2. The zero-order valence-corrected chi connectivity index (χ0v) is 10.7. The van der Waals surface area contributed by atoms with Gasteiger partial charge < -0.3 is 15.5 Å². The second-order valence-electron chi connectivity index (χ2n) is 3.94. The molecule has 1 amide bonds. The molecular weight excluding hydrogens is 258 g/mol. The van der Waals surface area contributed by atoms with Gasteiger partial charge in [-0.15, -0.1) is 0 Å². The summed E-state index contributed by atoms with van der Waals surface area (Å²) in [5.41, 5.74) is 0.199. The number of sulfone groups is 1. The Kier molecular flexibility index (Phi) is 4.55. The molecule has 1 aromatic carbocycles. The maximum atomic E-state index is 11.6. The van der Waals surface area contributed by atoms with Crippen molar-refractivity contribution in [1.82, 2.24) is 5.32 Å². The minimum Gasteiger partial charge on any atom is -0.504 e. The molecule has 0 unspecified atom stereocenters. The van der Waals surface area contributed by atoms with Gasteiger partial charge in [-0.1, -0.05) is 0 Å². The zero-order valence-electron chi connectivity index (χ0n) is 9.88. The van der Waals surface area contributed by atoms with E-state index >= 15 is 0 Å². The van der Waals surface area contributed by atoms with E-state index in [9.17, 15) is 18.3 Å². The first-order valence-corrected chi connectivity index (χ1v) is 7.33. The summed E-state index contributed by atoms with van der Waals surface area (Å²) in [6, 6.07) is 3.71. The Labute approximate surface area is 105 Å². The second-order valence-corrected chi connectivity index (χ2v) is 6.20. The predicted molar refractivity (Wildman–Crippen MR) is 66.4 cm³/mol. The molecule has 0 bridgehead atoms. The Morgan fingerprint density at radius 1 is 1.28 bits per heavy atom. The Balaban J connectivity index is 2.48. The number of hydrogen-bond acceptors (Lipinski definition) is 5. The monoisotopic (exact) mass is 273 g/mol. The van der Waals surface area contributed by atoms with Crippen molar-refractivity contribution in [2.45, 2.75) is 6.42 Å². The van der Waals surface area contributed by atoms with E-state index in [2.05, 4.69) is 5.32 Å². The van der Waals surface area contributed by atoms with E-state index in [4.69, 9.17) is 5.11 Å². The van der Waals surface area contributed by atoms with Gasteiger partial charge in [-0.05, 0) is 24.6 Å². The lowest BCUT2D eigenvalue weighted by molar-refractivity contribution is 0.0953. The van der Waals surface area contributed by atoms with Gasteiger partial charge >= 0.3 is 0 Å². The van der Waals surface area contributed by atoms with Gasteiger partial charge in [0.15, 0.2) is 11.5 Å². The number of phenolic OH excluding ortho intramolecular Hbond substituents is 2. The first-order chi connectivity index (χ1) is 8.29. The van der Waals surface area contributed by atoms with Crippen LogP contribution in [-0.2, 0) is 9.84 Å². The number of carbonyl (C=O) groups excluding carboxylic acids is 1. The van der Waals surface area contributed by atoms with Gasteiger partial charge in [-0.3, -0.25) is 4.79 Å². The van der Waals surface area contributed by atoms with Crippen molar-refractivity contribution < 1.29 is 23.4 Å². The van der Waals surface area contributed by atoms with E-state index in [1.807, 2.05) is 0 Å². The summed E-state index contributed by atoms with van der Waals surface area (Å²) in [5.74, 6) is -1.10. The SMILES string of the molecule is CS(=O)(=O)CCCNC(=O)c1ccc(O)c(O)c1. The number of hydrogen-bond donors (Lipinski definition) is 3. The molecule has 0 aliphatic rings. The minimum absolute atomic E-state index is 0.00804. The van der Waals surface area contributed by atoms with Crippen LogP contribution < -0.4 is 5.32 Å². The van der Waals surface area contributed by atoms with Crippen molar-refractivity contribution in [1.29, 1.82) is 0 Å². The predicted octanol–water partition coefficient (Wildman–Crippen LogP) is 0.262. The molecule has 100 valence electrons. The summed E-state index contributed by atoms with van der Waals surface area (Å²) in [4.78, 5) is 11.6. The van der Waals surface area contributed by atoms with Gasteiger partial charge in [0.25, 0.3) is 5.91 Å². The van der Waals surface area contributed by atoms with Crippen LogP contribution in [0.25, 0.3) is 0 Å². The molecule has 1 aromatic rings. The highest BCUT2D eigenvalue weighted by Gasteiger charge is 2.08. The van der Waals surface area contributed by atoms with Gasteiger partial charge in [0.2, 0.25) is 0 Å².